The van der Waals surface area contributed by atoms with Gasteiger partial charge in [-0.15, -0.1) is 0 Å². The summed E-state index contributed by atoms with van der Waals surface area (Å²) in [5.74, 6) is -0.152. The summed E-state index contributed by atoms with van der Waals surface area (Å²) in [6.45, 7) is 4.48. The largest absolute Gasteiger partial charge is 0.310 e. The molecule has 1 aromatic carbocycles. The highest BCUT2D eigenvalue weighted by Crippen LogP contribution is 2.27. The fourth-order valence-electron chi connectivity index (χ4n) is 2.81. The third-order valence-corrected chi connectivity index (χ3v) is 4.17. The Balaban J connectivity index is 1.59. The van der Waals surface area contributed by atoms with Gasteiger partial charge in [0.1, 0.15) is 5.82 Å². The van der Waals surface area contributed by atoms with Gasteiger partial charge in [-0.2, -0.15) is 0 Å². The van der Waals surface area contributed by atoms with Crippen LogP contribution in [-0.4, -0.2) is 30.1 Å². The van der Waals surface area contributed by atoms with Crippen molar-refractivity contribution in [2.75, 3.05) is 13.1 Å². The van der Waals surface area contributed by atoms with E-state index in [1.807, 2.05) is 12.1 Å². The molecule has 2 aliphatic rings. The highest BCUT2D eigenvalue weighted by Gasteiger charge is 2.31. The third-order valence-electron chi connectivity index (χ3n) is 4.17. The number of hydrogen-bond acceptors (Lipinski definition) is 2. The zero-order valence-corrected chi connectivity index (χ0v) is 10.9. The van der Waals surface area contributed by atoms with Crippen LogP contribution in [0.2, 0.25) is 0 Å². The average Bonchev–Trinajstić information content (AvgIpc) is 3.05. The lowest BCUT2D eigenvalue weighted by Gasteiger charge is -2.25. The van der Waals surface area contributed by atoms with Gasteiger partial charge in [0.2, 0.25) is 0 Å². The van der Waals surface area contributed by atoms with Crippen molar-refractivity contribution in [2.45, 2.75) is 44.3 Å². The topological polar surface area (TPSA) is 15.3 Å². The van der Waals surface area contributed by atoms with Crippen LogP contribution in [0.15, 0.2) is 24.3 Å². The summed E-state index contributed by atoms with van der Waals surface area (Å²) in [5.41, 5.74) is 1.21. The minimum atomic E-state index is -0.152. The fourth-order valence-corrected chi connectivity index (χ4v) is 2.81. The van der Waals surface area contributed by atoms with Crippen molar-refractivity contribution in [3.63, 3.8) is 0 Å². The molecule has 0 amide bonds. The van der Waals surface area contributed by atoms with Crippen molar-refractivity contribution in [3.8, 4) is 0 Å². The van der Waals surface area contributed by atoms with E-state index in [-0.39, 0.29) is 5.82 Å². The molecule has 0 aromatic heterocycles. The quantitative estimate of drug-likeness (QED) is 0.881. The molecule has 1 aromatic rings. The molecule has 0 spiro atoms. The van der Waals surface area contributed by atoms with Crippen molar-refractivity contribution in [1.82, 2.24) is 10.2 Å². The van der Waals surface area contributed by atoms with Crippen molar-refractivity contribution >= 4 is 0 Å². The number of rotatable bonds is 4. The van der Waals surface area contributed by atoms with Crippen LogP contribution in [0.3, 0.4) is 0 Å². The Morgan fingerprint density at radius 2 is 1.89 bits per heavy atom. The molecule has 3 rings (SSSR count). The van der Waals surface area contributed by atoms with Crippen LogP contribution in [-0.2, 0) is 0 Å². The molecule has 2 nitrogen and oxygen atoms in total. The molecule has 2 unspecified atom stereocenters. The van der Waals surface area contributed by atoms with Gasteiger partial charge in [-0.05, 0) is 43.9 Å². The van der Waals surface area contributed by atoms with E-state index in [0.29, 0.717) is 12.1 Å². The van der Waals surface area contributed by atoms with Gasteiger partial charge in [-0.3, -0.25) is 4.90 Å². The van der Waals surface area contributed by atoms with Crippen LogP contribution >= 0.6 is 0 Å². The number of hydrogen-bond donors (Lipinski definition) is 1. The lowest BCUT2D eigenvalue weighted by Crippen LogP contribution is -2.34. The summed E-state index contributed by atoms with van der Waals surface area (Å²) >= 11 is 0. The molecular weight excluding hydrogens is 227 g/mol. The van der Waals surface area contributed by atoms with Crippen molar-refractivity contribution in [2.24, 2.45) is 0 Å². The van der Waals surface area contributed by atoms with Crippen molar-refractivity contribution in [1.29, 1.82) is 0 Å². The maximum absolute atomic E-state index is 12.9. The molecule has 0 radical (unpaired) electrons. The molecular formula is C15H21FN2. The van der Waals surface area contributed by atoms with E-state index in [2.05, 4.69) is 17.1 Å². The first-order chi connectivity index (χ1) is 8.72. The Morgan fingerprint density at radius 3 is 2.56 bits per heavy atom. The number of benzene rings is 1. The molecule has 3 heteroatoms. The van der Waals surface area contributed by atoms with Gasteiger partial charge in [0.25, 0.3) is 0 Å². The number of halogens is 1. The summed E-state index contributed by atoms with van der Waals surface area (Å²) in [4.78, 5) is 2.49. The van der Waals surface area contributed by atoms with Crippen LogP contribution in [0.5, 0.6) is 0 Å². The van der Waals surface area contributed by atoms with Gasteiger partial charge in [0, 0.05) is 31.2 Å². The smallest absolute Gasteiger partial charge is 0.123 e. The van der Waals surface area contributed by atoms with Crippen LogP contribution in [0, 0.1) is 5.82 Å². The predicted molar refractivity (Wildman–Crippen MR) is 71.0 cm³/mol. The molecule has 1 heterocycles. The lowest BCUT2D eigenvalue weighted by molar-refractivity contribution is 0.255. The van der Waals surface area contributed by atoms with Gasteiger partial charge in [-0.25, -0.2) is 4.39 Å². The van der Waals surface area contributed by atoms with Crippen molar-refractivity contribution < 1.29 is 4.39 Å². The predicted octanol–water partition coefficient (Wildman–Crippen LogP) is 2.71. The van der Waals surface area contributed by atoms with Crippen LogP contribution < -0.4 is 5.32 Å². The Labute approximate surface area is 108 Å². The summed E-state index contributed by atoms with van der Waals surface area (Å²) in [7, 11) is 0. The van der Waals surface area contributed by atoms with Gasteiger partial charge >= 0.3 is 0 Å². The van der Waals surface area contributed by atoms with Crippen LogP contribution in [0.25, 0.3) is 0 Å². The molecule has 18 heavy (non-hydrogen) atoms. The second-order valence-electron chi connectivity index (χ2n) is 5.65. The molecule has 1 aliphatic carbocycles. The second-order valence-corrected chi connectivity index (χ2v) is 5.65. The van der Waals surface area contributed by atoms with E-state index in [0.717, 1.165) is 19.1 Å². The number of nitrogens with zero attached hydrogens (tertiary/aromatic N) is 1. The van der Waals surface area contributed by atoms with Crippen molar-refractivity contribution in [3.05, 3.63) is 35.6 Å². The van der Waals surface area contributed by atoms with E-state index in [1.165, 1.54) is 24.8 Å². The normalized spacial score (nSPS) is 26.4. The highest BCUT2D eigenvalue weighted by molar-refractivity contribution is 5.19. The molecule has 2 fully saturated rings. The lowest BCUT2D eigenvalue weighted by atomic mass is 10.1. The zero-order valence-electron chi connectivity index (χ0n) is 10.9. The Bertz CT molecular complexity index is 399. The van der Waals surface area contributed by atoms with Gasteiger partial charge in [-0.1, -0.05) is 12.1 Å². The summed E-state index contributed by atoms with van der Waals surface area (Å²) in [6.07, 6.45) is 3.94. The molecule has 98 valence electrons. The van der Waals surface area contributed by atoms with E-state index in [9.17, 15) is 4.39 Å². The summed E-state index contributed by atoms with van der Waals surface area (Å²) < 4.78 is 12.9. The Hall–Kier alpha value is -0.930. The molecule has 2 atom stereocenters. The van der Waals surface area contributed by atoms with Gasteiger partial charge in [0.15, 0.2) is 0 Å². The SMILES string of the molecule is CC(c1ccc(F)cc1)N1CCC(NC2CC2)C1. The second kappa shape index (κ2) is 4.98. The molecule has 1 saturated heterocycles. The first-order valence-electron chi connectivity index (χ1n) is 6.98. The maximum Gasteiger partial charge on any atom is 0.123 e. The van der Waals surface area contributed by atoms with E-state index >= 15 is 0 Å². The minimum Gasteiger partial charge on any atom is -0.310 e. The Morgan fingerprint density at radius 1 is 1.17 bits per heavy atom. The number of likely N-dealkylation sites (tertiary alicyclic amines) is 1. The van der Waals surface area contributed by atoms with Crippen LogP contribution in [0.1, 0.15) is 37.8 Å². The Kier molecular flexibility index (Phi) is 3.35. The van der Waals surface area contributed by atoms with Gasteiger partial charge in [0.05, 0.1) is 0 Å². The standard InChI is InChI=1S/C15H21FN2/c1-11(12-2-4-13(16)5-3-12)18-9-8-15(10-18)17-14-6-7-14/h2-5,11,14-15,17H,6-10H2,1H3. The third kappa shape index (κ3) is 2.73. The highest BCUT2D eigenvalue weighted by atomic mass is 19.1. The van der Waals surface area contributed by atoms with E-state index in [4.69, 9.17) is 0 Å². The maximum atomic E-state index is 12.9. The summed E-state index contributed by atoms with van der Waals surface area (Å²) in [6, 6.07) is 8.75. The summed E-state index contributed by atoms with van der Waals surface area (Å²) in [5, 5.41) is 3.70. The van der Waals surface area contributed by atoms with Gasteiger partial charge < -0.3 is 5.32 Å². The minimum absolute atomic E-state index is 0.152. The molecule has 1 aliphatic heterocycles. The molecule has 1 N–H and O–H groups in total. The van der Waals surface area contributed by atoms with E-state index in [1.54, 1.807) is 12.1 Å². The van der Waals surface area contributed by atoms with Crippen LogP contribution in [0.4, 0.5) is 4.39 Å². The monoisotopic (exact) mass is 248 g/mol. The number of nitrogens with one attached hydrogen (secondary N) is 1. The van der Waals surface area contributed by atoms with E-state index < -0.39 is 0 Å². The first kappa shape index (κ1) is 12.1. The molecule has 0 bridgehead atoms. The fraction of sp³-hybridized carbons (Fsp3) is 0.600. The zero-order chi connectivity index (χ0) is 12.5. The first-order valence-corrected chi connectivity index (χ1v) is 6.98. The average molecular weight is 248 g/mol. The molecule has 1 saturated carbocycles.